The highest BCUT2D eigenvalue weighted by molar-refractivity contribution is 5.70. The fraction of sp³-hybridized carbons (Fsp3) is 0.615. The van der Waals surface area contributed by atoms with Gasteiger partial charge in [-0.05, 0) is 27.2 Å². The van der Waals surface area contributed by atoms with Crippen molar-refractivity contribution in [1.29, 1.82) is 0 Å². The molecule has 1 amide bonds. The van der Waals surface area contributed by atoms with Crippen molar-refractivity contribution in [2.75, 3.05) is 7.11 Å². The van der Waals surface area contributed by atoms with E-state index in [4.69, 9.17) is 9.47 Å². The first-order valence-electron chi connectivity index (χ1n) is 5.62. The van der Waals surface area contributed by atoms with Crippen molar-refractivity contribution in [2.24, 2.45) is 5.92 Å². The molecule has 0 aromatic rings. The number of ether oxygens (including phenoxy) is 2. The zero-order valence-electron chi connectivity index (χ0n) is 11.0. The van der Waals surface area contributed by atoms with Crippen LogP contribution in [0.3, 0.4) is 0 Å². The highest BCUT2D eigenvalue weighted by Crippen LogP contribution is 2.49. The Labute approximate surface area is 103 Å². The molecule has 2 atom stereocenters. The van der Waals surface area contributed by atoms with Gasteiger partial charge in [0.05, 0.1) is 7.11 Å². The van der Waals surface area contributed by atoms with E-state index in [1.807, 2.05) is 20.8 Å². The zero-order chi connectivity index (χ0) is 13.3. The van der Waals surface area contributed by atoms with Crippen LogP contribution in [0.15, 0.2) is 25.0 Å². The molecule has 0 radical (unpaired) electrons. The first-order chi connectivity index (χ1) is 7.75. The maximum Gasteiger partial charge on any atom is 0.408 e. The highest BCUT2D eigenvalue weighted by Gasteiger charge is 2.57. The number of amides is 1. The summed E-state index contributed by atoms with van der Waals surface area (Å²) in [4.78, 5) is 11.7. The zero-order valence-corrected chi connectivity index (χ0v) is 11.0. The second-order valence-electron chi connectivity index (χ2n) is 5.27. The van der Waals surface area contributed by atoms with E-state index < -0.39 is 17.2 Å². The molecule has 1 saturated carbocycles. The largest absolute Gasteiger partial charge is 0.499 e. The van der Waals surface area contributed by atoms with Crippen LogP contribution in [0.25, 0.3) is 0 Å². The summed E-state index contributed by atoms with van der Waals surface area (Å²) >= 11 is 0. The van der Waals surface area contributed by atoms with Crippen LogP contribution in [0.1, 0.15) is 27.2 Å². The maximum atomic E-state index is 11.7. The monoisotopic (exact) mass is 239 g/mol. The van der Waals surface area contributed by atoms with Gasteiger partial charge in [-0.2, -0.15) is 0 Å². The van der Waals surface area contributed by atoms with Crippen molar-refractivity contribution in [1.82, 2.24) is 5.32 Å². The molecule has 0 aromatic carbocycles. The predicted molar refractivity (Wildman–Crippen MR) is 66.6 cm³/mol. The van der Waals surface area contributed by atoms with E-state index >= 15 is 0 Å². The van der Waals surface area contributed by atoms with Gasteiger partial charge in [0.25, 0.3) is 0 Å². The van der Waals surface area contributed by atoms with Gasteiger partial charge < -0.3 is 14.8 Å². The number of methoxy groups -OCH3 is 1. The highest BCUT2D eigenvalue weighted by atomic mass is 16.6. The van der Waals surface area contributed by atoms with E-state index in [0.717, 1.165) is 6.42 Å². The lowest BCUT2D eigenvalue weighted by atomic mass is 10.1. The molecule has 17 heavy (non-hydrogen) atoms. The first-order valence-corrected chi connectivity index (χ1v) is 5.62. The van der Waals surface area contributed by atoms with Crippen molar-refractivity contribution in [3.05, 3.63) is 25.0 Å². The van der Waals surface area contributed by atoms with Gasteiger partial charge in [0, 0.05) is 5.92 Å². The Balaban J connectivity index is 2.68. The minimum atomic E-state index is -0.543. The number of hydrogen-bond acceptors (Lipinski definition) is 3. The van der Waals surface area contributed by atoms with Gasteiger partial charge in [-0.1, -0.05) is 12.7 Å². The van der Waals surface area contributed by atoms with E-state index in [1.54, 1.807) is 13.2 Å². The van der Waals surface area contributed by atoms with Crippen molar-refractivity contribution in [2.45, 2.75) is 38.3 Å². The van der Waals surface area contributed by atoms with Gasteiger partial charge >= 0.3 is 6.09 Å². The number of carbonyl (C=O) groups is 1. The Kier molecular flexibility index (Phi) is 3.55. The standard InChI is InChI=1S/C13H21NO3/c1-7-10-8-13(10,9(2)16-6)14-11(15)17-12(3,4)5/h7,10H,1-2,8H2,3-6H3,(H,14,15)/t10-,13+/m1/s1. The minimum Gasteiger partial charge on any atom is -0.499 e. The Bertz CT molecular complexity index is 343. The van der Waals surface area contributed by atoms with Crippen LogP contribution < -0.4 is 5.32 Å². The molecular weight excluding hydrogens is 218 g/mol. The quantitative estimate of drug-likeness (QED) is 0.606. The third-order valence-corrected chi connectivity index (χ3v) is 2.77. The lowest BCUT2D eigenvalue weighted by molar-refractivity contribution is 0.0485. The number of rotatable bonds is 4. The third kappa shape index (κ3) is 3.02. The minimum absolute atomic E-state index is 0.155. The van der Waals surface area contributed by atoms with Crippen LogP contribution >= 0.6 is 0 Å². The molecule has 0 aromatic heterocycles. The van der Waals surface area contributed by atoms with Crippen molar-refractivity contribution in [3.8, 4) is 0 Å². The van der Waals surface area contributed by atoms with Crippen LogP contribution in [0.5, 0.6) is 0 Å². The topological polar surface area (TPSA) is 47.6 Å². The lowest BCUT2D eigenvalue weighted by Crippen LogP contribution is -2.43. The van der Waals surface area contributed by atoms with E-state index in [-0.39, 0.29) is 5.92 Å². The Morgan fingerprint density at radius 1 is 1.53 bits per heavy atom. The molecule has 0 heterocycles. The second kappa shape index (κ2) is 4.43. The summed E-state index contributed by atoms with van der Waals surface area (Å²) in [5, 5.41) is 2.82. The normalized spacial score (nSPS) is 26.9. The molecule has 1 rings (SSSR count). The molecule has 0 bridgehead atoms. The summed E-state index contributed by atoms with van der Waals surface area (Å²) in [6.07, 6.45) is 2.09. The molecule has 4 nitrogen and oxygen atoms in total. The molecule has 0 unspecified atom stereocenters. The van der Waals surface area contributed by atoms with Crippen LogP contribution in [0.2, 0.25) is 0 Å². The smallest absolute Gasteiger partial charge is 0.408 e. The summed E-state index contributed by atoms with van der Waals surface area (Å²) in [6, 6.07) is 0. The summed E-state index contributed by atoms with van der Waals surface area (Å²) in [5.41, 5.74) is -1.06. The average Bonchev–Trinajstić information content (AvgIpc) is 2.88. The van der Waals surface area contributed by atoms with Gasteiger partial charge in [0.1, 0.15) is 16.9 Å². The van der Waals surface area contributed by atoms with Crippen LogP contribution in [-0.2, 0) is 9.47 Å². The van der Waals surface area contributed by atoms with Crippen LogP contribution in [0.4, 0.5) is 4.79 Å². The summed E-state index contributed by atoms with van der Waals surface area (Å²) in [7, 11) is 1.54. The maximum absolute atomic E-state index is 11.7. The van der Waals surface area contributed by atoms with E-state index in [1.165, 1.54) is 0 Å². The SMILES string of the molecule is C=C[C@@H]1C[C@]1(NC(=O)OC(C)(C)C)C(=C)OC. The molecule has 0 aliphatic heterocycles. The molecule has 0 saturated heterocycles. The lowest BCUT2D eigenvalue weighted by Gasteiger charge is -2.24. The van der Waals surface area contributed by atoms with Crippen LogP contribution in [-0.4, -0.2) is 24.3 Å². The Hall–Kier alpha value is -1.45. The van der Waals surface area contributed by atoms with E-state index in [9.17, 15) is 4.79 Å². The van der Waals surface area contributed by atoms with Gasteiger partial charge in [-0.3, -0.25) is 0 Å². The van der Waals surface area contributed by atoms with Gasteiger partial charge in [-0.15, -0.1) is 6.58 Å². The Morgan fingerprint density at radius 2 is 2.12 bits per heavy atom. The molecular formula is C13H21NO3. The van der Waals surface area contributed by atoms with Crippen molar-refractivity contribution in [3.63, 3.8) is 0 Å². The number of hydrogen-bond donors (Lipinski definition) is 1. The van der Waals surface area contributed by atoms with Crippen molar-refractivity contribution >= 4 is 6.09 Å². The summed E-state index contributed by atoms with van der Waals surface area (Å²) < 4.78 is 10.3. The van der Waals surface area contributed by atoms with Crippen molar-refractivity contribution < 1.29 is 14.3 Å². The molecule has 1 aliphatic rings. The third-order valence-electron chi connectivity index (χ3n) is 2.77. The predicted octanol–water partition coefficient (Wildman–Crippen LogP) is 2.62. The number of nitrogens with one attached hydrogen (secondary N) is 1. The van der Waals surface area contributed by atoms with Crippen LogP contribution in [0, 0.1) is 5.92 Å². The molecule has 0 spiro atoms. The van der Waals surface area contributed by atoms with E-state index in [2.05, 4.69) is 18.5 Å². The average molecular weight is 239 g/mol. The van der Waals surface area contributed by atoms with Gasteiger partial charge in [0.15, 0.2) is 0 Å². The molecule has 96 valence electrons. The number of alkyl carbamates (subject to hydrolysis) is 1. The van der Waals surface area contributed by atoms with Gasteiger partial charge in [-0.25, -0.2) is 4.79 Å². The fourth-order valence-corrected chi connectivity index (χ4v) is 1.77. The van der Waals surface area contributed by atoms with Gasteiger partial charge in [0.2, 0.25) is 0 Å². The number of carbonyl (C=O) groups excluding carboxylic acids is 1. The fourth-order valence-electron chi connectivity index (χ4n) is 1.77. The first kappa shape index (κ1) is 13.6. The summed E-state index contributed by atoms with van der Waals surface area (Å²) in [5.74, 6) is 0.690. The molecule has 1 N–H and O–H groups in total. The molecule has 1 aliphatic carbocycles. The molecule has 4 heteroatoms. The Morgan fingerprint density at radius 3 is 2.47 bits per heavy atom. The molecule has 1 fully saturated rings. The second-order valence-corrected chi connectivity index (χ2v) is 5.27. The van der Waals surface area contributed by atoms with E-state index in [0.29, 0.717) is 5.76 Å². The summed E-state index contributed by atoms with van der Waals surface area (Å²) in [6.45, 7) is 13.0.